The second kappa shape index (κ2) is 4.21. The molecular formula is C5H12N2O3. The van der Waals surface area contributed by atoms with Crippen molar-refractivity contribution in [3.63, 3.8) is 0 Å². The molecule has 0 aliphatic carbocycles. The summed E-state index contributed by atoms with van der Waals surface area (Å²) in [6.45, 7) is 1.66. The van der Waals surface area contributed by atoms with Gasteiger partial charge in [-0.25, -0.2) is 5.01 Å². The summed E-state index contributed by atoms with van der Waals surface area (Å²) in [6.07, 6.45) is 0. The van der Waals surface area contributed by atoms with Crippen LogP contribution in [-0.4, -0.2) is 40.4 Å². The molecule has 5 heteroatoms. The zero-order valence-electron chi connectivity index (χ0n) is 5.82. The van der Waals surface area contributed by atoms with Crippen molar-refractivity contribution in [3.8, 4) is 0 Å². The Morgan fingerprint density at radius 2 is 2.30 bits per heavy atom. The van der Waals surface area contributed by atoms with E-state index in [1.165, 1.54) is 0 Å². The van der Waals surface area contributed by atoms with Crippen LogP contribution in [0.1, 0.15) is 6.92 Å². The number of likely N-dealkylation sites (N-methyl/N-ethyl adjacent to an activating group) is 1. The summed E-state index contributed by atoms with van der Waals surface area (Å²) in [5.74, 6) is 4.12. The predicted octanol–water partition coefficient (Wildman–Crippen LogP) is -1.37. The predicted molar refractivity (Wildman–Crippen MR) is 35.1 cm³/mol. The standard InChI is InChI=1S/C5H12N2O3/c1-2-7(6)4(3-8)5(9)10/h4,8H,2-3,6H2,1H3,(H,9,10). The Balaban J connectivity index is 3.92. The van der Waals surface area contributed by atoms with Gasteiger partial charge < -0.3 is 10.2 Å². The van der Waals surface area contributed by atoms with Crippen LogP contribution in [0.5, 0.6) is 0 Å². The van der Waals surface area contributed by atoms with E-state index in [2.05, 4.69) is 0 Å². The molecule has 0 aliphatic rings. The molecule has 1 unspecified atom stereocenters. The number of rotatable bonds is 4. The summed E-state index contributed by atoms with van der Waals surface area (Å²) < 4.78 is 0. The van der Waals surface area contributed by atoms with Crippen molar-refractivity contribution in [2.75, 3.05) is 13.2 Å². The van der Waals surface area contributed by atoms with Crippen molar-refractivity contribution in [3.05, 3.63) is 0 Å². The van der Waals surface area contributed by atoms with Crippen molar-refractivity contribution in [2.45, 2.75) is 13.0 Å². The summed E-state index contributed by atoms with van der Waals surface area (Å²) >= 11 is 0. The van der Waals surface area contributed by atoms with E-state index >= 15 is 0 Å². The normalized spacial score (nSPS) is 13.6. The first-order chi connectivity index (χ1) is 4.63. The highest BCUT2D eigenvalue weighted by Gasteiger charge is 2.20. The van der Waals surface area contributed by atoms with Crippen LogP contribution < -0.4 is 5.84 Å². The summed E-state index contributed by atoms with van der Waals surface area (Å²) in [7, 11) is 0. The summed E-state index contributed by atoms with van der Waals surface area (Å²) in [6, 6.07) is -0.981. The van der Waals surface area contributed by atoms with Gasteiger partial charge in [0, 0.05) is 6.54 Å². The highest BCUT2D eigenvalue weighted by Crippen LogP contribution is 1.90. The fraction of sp³-hybridized carbons (Fsp3) is 0.800. The van der Waals surface area contributed by atoms with Gasteiger partial charge in [-0.05, 0) is 0 Å². The maximum atomic E-state index is 10.2. The number of hydrazine groups is 1. The van der Waals surface area contributed by atoms with E-state index in [1.807, 2.05) is 0 Å². The molecule has 0 bridgehead atoms. The SMILES string of the molecule is CCN(N)C(CO)C(=O)O. The summed E-state index contributed by atoms with van der Waals surface area (Å²) in [5.41, 5.74) is 0. The van der Waals surface area contributed by atoms with Crippen molar-refractivity contribution >= 4 is 5.97 Å². The van der Waals surface area contributed by atoms with Gasteiger partial charge in [-0.3, -0.25) is 10.6 Å². The van der Waals surface area contributed by atoms with E-state index in [4.69, 9.17) is 16.1 Å². The Labute approximate surface area is 59.0 Å². The minimum Gasteiger partial charge on any atom is -0.480 e. The van der Waals surface area contributed by atoms with Crippen LogP contribution in [0.25, 0.3) is 0 Å². The molecule has 0 saturated carbocycles. The largest absolute Gasteiger partial charge is 0.480 e. The molecule has 0 amide bonds. The first-order valence-electron chi connectivity index (χ1n) is 2.98. The van der Waals surface area contributed by atoms with Gasteiger partial charge in [0.05, 0.1) is 6.61 Å². The molecule has 1 atom stereocenters. The van der Waals surface area contributed by atoms with Gasteiger partial charge in [0.15, 0.2) is 0 Å². The third-order valence-corrected chi connectivity index (χ3v) is 1.22. The maximum Gasteiger partial charge on any atom is 0.324 e. The van der Waals surface area contributed by atoms with E-state index in [-0.39, 0.29) is 0 Å². The third-order valence-electron chi connectivity index (χ3n) is 1.22. The number of hydrogen-bond donors (Lipinski definition) is 3. The lowest BCUT2D eigenvalue weighted by Gasteiger charge is -2.19. The fourth-order valence-corrected chi connectivity index (χ4v) is 0.545. The van der Waals surface area contributed by atoms with Gasteiger partial charge >= 0.3 is 5.97 Å². The summed E-state index contributed by atoms with van der Waals surface area (Å²) in [4.78, 5) is 10.2. The number of aliphatic hydroxyl groups is 1. The van der Waals surface area contributed by atoms with Crippen molar-refractivity contribution in [1.82, 2.24) is 5.01 Å². The lowest BCUT2D eigenvalue weighted by molar-refractivity contribution is -0.144. The van der Waals surface area contributed by atoms with Gasteiger partial charge in [0.25, 0.3) is 0 Å². The molecule has 0 aromatic heterocycles. The first-order valence-corrected chi connectivity index (χ1v) is 2.98. The van der Waals surface area contributed by atoms with Crippen LogP contribution in [0.3, 0.4) is 0 Å². The number of aliphatic carboxylic acids is 1. The molecule has 0 aromatic carbocycles. The quantitative estimate of drug-likeness (QED) is 0.338. The Morgan fingerprint density at radius 1 is 1.80 bits per heavy atom. The number of carboxylic acids is 1. The van der Waals surface area contributed by atoms with Crippen LogP contribution in [0, 0.1) is 0 Å². The van der Waals surface area contributed by atoms with Crippen LogP contribution in [-0.2, 0) is 4.79 Å². The fourth-order valence-electron chi connectivity index (χ4n) is 0.545. The second-order valence-electron chi connectivity index (χ2n) is 1.87. The van der Waals surface area contributed by atoms with Gasteiger partial charge in [0.1, 0.15) is 6.04 Å². The molecule has 0 spiro atoms. The Hall–Kier alpha value is -0.650. The lowest BCUT2D eigenvalue weighted by Crippen LogP contribution is -2.47. The first kappa shape index (κ1) is 9.35. The van der Waals surface area contributed by atoms with Crippen LogP contribution in [0.4, 0.5) is 0 Å². The molecule has 0 aromatic rings. The number of nitrogens with two attached hydrogens (primary N) is 1. The Morgan fingerprint density at radius 3 is 2.40 bits per heavy atom. The average molecular weight is 148 g/mol. The number of hydrogen-bond acceptors (Lipinski definition) is 4. The van der Waals surface area contributed by atoms with Gasteiger partial charge in [-0.2, -0.15) is 0 Å². The number of aliphatic hydroxyl groups excluding tert-OH is 1. The Bertz CT molecular complexity index is 117. The van der Waals surface area contributed by atoms with E-state index in [0.29, 0.717) is 6.54 Å². The maximum absolute atomic E-state index is 10.2. The molecule has 0 rings (SSSR count). The van der Waals surface area contributed by atoms with Gasteiger partial charge in [-0.15, -0.1) is 0 Å². The molecule has 0 aliphatic heterocycles. The lowest BCUT2D eigenvalue weighted by atomic mass is 10.3. The van der Waals surface area contributed by atoms with Crippen molar-refractivity contribution in [2.24, 2.45) is 5.84 Å². The summed E-state index contributed by atoms with van der Waals surface area (Å²) in [5, 5.41) is 18.0. The minimum atomic E-state index is -1.10. The molecule has 0 radical (unpaired) electrons. The monoisotopic (exact) mass is 148 g/mol. The molecular weight excluding hydrogens is 136 g/mol. The van der Waals surface area contributed by atoms with E-state index in [9.17, 15) is 4.79 Å². The van der Waals surface area contributed by atoms with Crippen molar-refractivity contribution < 1.29 is 15.0 Å². The zero-order valence-corrected chi connectivity index (χ0v) is 5.82. The molecule has 60 valence electrons. The van der Waals surface area contributed by atoms with E-state index in [1.54, 1.807) is 6.92 Å². The van der Waals surface area contributed by atoms with E-state index in [0.717, 1.165) is 5.01 Å². The molecule has 0 saturated heterocycles. The van der Waals surface area contributed by atoms with Gasteiger partial charge in [0.2, 0.25) is 0 Å². The molecule has 10 heavy (non-hydrogen) atoms. The highest BCUT2D eigenvalue weighted by atomic mass is 16.4. The molecule has 0 fully saturated rings. The van der Waals surface area contributed by atoms with Crippen LogP contribution in [0.15, 0.2) is 0 Å². The topological polar surface area (TPSA) is 86.8 Å². The molecule has 0 heterocycles. The van der Waals surface area contributed by atoms with Gasteiger partial charge in [-0.1, -0.05) is 6.92 Å². The Kier molecular flexibility index (Phi) is 3.94. The molecule has 4 N–H and O–H groups in total. The average Bonchev–Trinajstić information content (AvgIpc) is 1.88. The molecule has 5 nitrogen and oxygen atoms in total. The highest BCUT2D eigenvalue weighted by molar-refractivity contribution is 5.73. The van der Waals surface area contributed by atoms with Crippen molar-refractivity contribution in [1.29, 1.82) is 0 Å². The van der Waals surface area contributed by atoms with Crippen LogP contribution >= 0.6 is 0 Å². The third kappa shape index (κ3) is 2.30. The minimum absolute atomic E-state index is 0.400. The van der Waals surface area contributed by atoms with E-state index < -0.39 is 18.6 Å². The number of carboxylic acid groups (broad SMARTS) is 1. The number of nitrogens with zero attached hydrogens (tertiary/aromatic N) is 1. The zero-order chi connectivity index (χ0) is 8.15. The smallest absolute Gasteiger partial charge is 0.324 e. The van der Waals surface area contributed by atoms with Crippen LogP contribution in [0.2, 0.25) is 0 Å². The second-order valence-corrected chi connectivity index (χ2v) is 1.87. The number of carbonyl (C=O) groups is 1.